The molecule has 2 aliphatic carbocycles. The van der Waals surface area contributed by atoms with Crippen LogP contribution in [0.2, 0.25) is 0 Å². The highest BCUT2D eigenvalue weighted by molar-refractivity contribution is 5.95. The normalized spacial score (nSPS) is 22.6. The van der Waals surface area contributed by atoms with Crippen molar-refractivity contribution in [2.75, 3.05) is 0 Å². The molecule has 2 aliphatic rings. The van der Waals surface area contributed by atoms with Gasteiger partial charge >= 0.3 is 0 Å². The summed E-state index contributed by atoms with van der Waals surface area (Å²) in [4.78, 5) is 16.8. The van der Waals surface area contributed by atoms with E-state index in [2.05, 4.69) is 37.0 Å². The van der Waals surface area contributed by atoms with Crippen LogP contribution in [0, 0.1) is 0 Å². The Morgan fingerprint density at radius 1 is 1.23 bits per heavy atom. The number of nitrogens with zero attached hydrogens (tertiary/aromatic N) is 4. The second-order valence-electron chi connectivity index (χ2n) is 7.11. The minimum atomic E-state index is -0.193. The summed E-state index contributed by atoms with van der Waals surface area (Å²) in [6.07, 6.45) is 6.55. The van der Waals surface area contributed by atoms with Crippen LogP contribution in [0.4, 0.5) is 0 Å². The number of carbonyl (C=O) groups is 1. The van der Waals surface area contributed by atoms with Gasteiger partial charge in [0.25, 0.3) is 5.91 Å². The SMILES string of the molecule is O=C(N[C@@H]1C[C@H]1c1cccnc1)c1cccc(C2(c3nn[nH]n3)CC2)c1. The molecule has 7 heteroatoms. The Bertz CT molecular complexity index is 936. The summed E-state index contributed by atoms with van der Waals surface area (Å²) in [7, 11) is 0. The molecule has 2 N–H and O–H groups in total. The van der Waals surface area contributed by atoms with Gasteiger partial charge in [-0.25, -0.2) is 0 Å². The van der Waals surface area contributed by atoms with E-state index in [-0.39, 0.29) is 17.4 Å². The third-order valence-corrected chi connectivity index (χ3v) is 5.42. The largest absolute Gasteiger partial charge is 0.349 e. The van der Waals surface area contributed by atoms with E-state index in [1.165, 1.54) is 5.56 Å². The molecule has 26 heavy (non-hydrogen) atoms. The van der Waals surface area contributed by atoms with Gasteiger partial charge in [-0.2, -0.15) is 5.21 Å². The van der Waals surface area contributed by atoms with Gasteiger partial charge in [0.1, 0.15) is 0 Å². The van der Waals surface area contributed by atoms with Crippen LogP contribution in [0.3, 0.4) is 0 Å². The first-order valence-electron chi connectivity index (χ1n) is 8.81. The summed E-state index contributed by atoms with van der Waals surface area (Å²) in [6.45, 7) is 0. The maximum Gasteiger partial charge on any atom is 0.251 e. The topological polar surface area (TPSA) is 96.5 Å². The number of hydrogen-bond donors (Lipinski definition) is 2. The molecular formula is C19H18N6O. The second-order valence-corrected chi connectivity index (χ2v) is 7.11. The summed E-state index contributed by atoms with van der Waals surface area (Å²) < 4.78 is 0. The van der Waals surface area contributed by atoms with Crippen LogP contribution in [0.1, 0.15) is 52.5 Å². The fraction of sp³-hybridized carbons (Fsp3) is 0.316. The first-order chi connectivity index (χ1) is 12.8. The number of aromatic amines is 1. The summed E-state index contributed by atoms with van der Waals surface area (Å²) in [6, 6.07) is 12.0. The molecule has 7 nitrogen and oxygen atoms in total. The van der Waals surface area contributed by atoms with Crippen molar-refractivity contribution in [2.45, 2.75) is 36.6 Å². The van der Waals surface area contributed by atoms with Crippen molar-refractivity contribution >= 4 is 5.91 Å². The van der Waals surface area contributed by atoms with Crippen molar-refractivity contribution in [3.05, 3.63) is 71.3 Å². The Morgan fingerprint density at radius 3 is 2.88 bits per heavy atom. The number of H-pyrrole nitrogens is 1. The van der Waals surface area contributed by atoms with Crippen molar-refractivity contribution in [3.8, 4) is 0 Å². The molecule has 2 saturated carbocycles. The number of benzene rings is 1. The summed E-state index contributed by atoms with van der Waals surface area (Å²) in [5.41, 5.74) is 2.74. The minimum absolute atomic E-state index is 0.0350. The van der Waals surface area contributed by atoms with Crippen molar-refractivity contribution < 1.29 is 4.79 Å². The predicted molar refractivity (Wildman–Crippen MR) is 93.5 cm³/mol. The lowest BCUT2D eigenvalue weighted by molar-refractivity contribution is 0.0950. The first kappa shape index (κ1) is 15.2. The molecule has 0 spiro atoms. The third kappa shape index (κ3) is 2.56. The van der Waals surface area contributed by atoms with E-state index in [1.54, 1.807) is 6.20 Å². The highest BCUT2D eigenvalue weighted by Crippen LogP contribution is 2.52. The average molecular weight is 346 g/mol. The Morgan fingerprint density at radius 2 is 2.15 bits per heavy atom. The Kier molecular flexibility index (Phi) is 3.34. The predicted octanol–water partition coefficient (Wildman–Crippen LogP) is 1.96. The van der Waals surface area contributed by atoms with Crippen LogP contribution < -0.4 is 5.32 Å². The lowest BCUT2D eigenvalue weighted by atomic mass is 9.93. The highest BCUT2D eigenvalue weighted by Gasteiger charge is 2.49. The number of aromatic nitrogens is 5. The maximum absolute atomic E-state index is 12.7. The quantitative estimate of drug-likeness (QED) is 0.736. The fourth-order valence-electron chi connectivity index (χ4n) is 3.66. The first-order valence-corrected chi connectivity index (χ1v) is 8.81. The van der Waals surface area contributed by atoms with Crippen molar-refractivity contribution in [3.63, 3.8) is 0 Å². The molecule has 2 aromatic heterocycles. The van der Waals surface area contributed by atoms with E-state index < -0.39 is 0 Å². The van der Waals surface area contributed by atoms with E-state index in [0.29, 0.717) is 17.3 Å². The van der Waals surface area contributed by atoms with Crippen LogP contribution in [-0.4, -0.2) is 37.6 Å². The fourth-order valence-corrected chi connectivity index (χ4v) is 3.66. The van der Waals surface area contributed by atoms with E-state index >= 15 is 0 Å². The second kappa shape index (κ2) is 5.72. The number of pyridine rings is 1. The lowest BCUT2D eigenvalue weighted by Gasteiger charge is -2.13. The molecule has 0 radical (unpaired) electrons. The zero-order valence-corrected chi connectivity index (χ0v) is 14.1. The number of hydrogen-bond acceptors (Lipinski definition) is 5. The average Bonchev–Trinajstić information content (AvgIpc) is 3.60. The van der Waals surface area contributed by atoms with E-state index in [0.717, 1.165) is 24.8 Å². The zero-order valence-electron chi connectivity index (χ0n) is 14.1. The van der Waals surface area contributed by atoms with Crippen molar-refractivity contribution in [1.29, 1.82) is 0 Å². The third-order valence-electron chi connectivity index (χ3n) is 5.42. The van der Waals surface area contributed by atoms with Crippen LogP contribution in [0.15, 0.2) is 48.8 Å². The Hall–Kier alpha value is -3.09. The Balaban J connectivity index is 1.32. The van der Waals surface area contributed by atoms with E-state index in [1.807, 2.05) is 36.5 Å². The smallest absolute Gasteiger partial charge is 0.251 e. The lowest BCUT2D eigenvalue weighted by Crippen LogP contribution is -2.27. The van der Waals surface area contributed by atoms with Crippen LogP contribution in [-0.2, 0) is 5.41 Å². The van der Waals surface area contributed by atoms with Crippen LogP contribution in [0.5, 0.6) is 0 Å². The van der Waals surface area contributed by atoms with Crippen LogP contribution in [0.25, 0.3) is 0 Å². The number of rotatable bonds is 5. The monoisotopic (exact) mass is 346 g/mol. The van der Waals surface area contributed by atoms with Crippen molar-refractivity contribution in [1.82, 2.24) is 30.9 Å². The van der Waals surface area contributed by atoms with E-state index in [4.69, 9.17) is 0 Å². The van der Waals surface area contributed by atoms with Crippen molar-refractivity contribution in [2.24, 2.45) is 0 Å². The zero-order chi connectivity index (χ0) is 17.6. The standard InChI is InChI=1S/C19H18N6O/c26-17(21-16-10-15(16)13-4-2-8-20-11-13)12-3-1-5-14(9-12)19(6-7-19)18-22-24-25-23-18/h1-5,8-9,11,15-16H,6-7,10H2,(H,21,26)(H,22,23,24,25)/t15-,16+/m0/s1. The Labute approximate surface area is 150 Å². The minimum Gasteiger partial charge on any atom is -0.349 e. The number of amides is 1. The van der Waals surface area contributed by atoms with Gasteiger partial charge in [0.05, 0.1) is 5.41 Å². The molecule has 0 bridgehead atoms. The highest BCUT2D eigenvalue weighted by atomic mass is 16.1. The molecular weight excluding hydrogens is 328 g/mol. The molecule has 130 valence electrons. The molecule has 2 heterocycles. The number of tetrazole rings is 1. The van der Waals surface area contributed by atoms with Gasteiger partial charge in [-0.05, 0) is 48.6 Å². The van der Waals surface area contributed by atoms with Gasteiger partial charge in [-0.15, -0.1) is 10.2 Å². The molecule has 5 rings (SSSR count). The van der Waals surface area contributed by atoms with Gasteiger partial charge < -0.3 is 5.32 Å². The van der Waals surface area contributed by atoms with Gasteiger partial charge in [0.2, 0.25) is 0 Å². The van der Waals surface area contributed by atoms with Gasteiger partial charge in [0.15, 0.2) is 5.82 Å². The number of nitrogens with one attached hydrogen (secondary N) is 2. The molecule has 0 unspecified atom stereocenters. The van der Waals surface area contributed by atoms with Crippen LogP contribution >= 0.6 is 0 Å². The molecule has 2 atom stereocenters. The molecule has 2 fully saturated rings. The maximum atomic E-state index is 12.7. The van der Waals surface area contributed by atoms with Gasteiger partial charge in [-0.3, -0.25) is 9.78 Å². The molecule has 1 amide bonds. The molecule has 0 aliphatic heterocycles. The summed E-state index contributed by atoms with van der Waals surface area (Å²) in [5, 5.41) is 17.6. The summed E-state index contributed by atoms with van der Waals surface area (Å²) >= 11 is 0. The van der Waals surface area contributed by atoms with Gasteiger partial charge in [-0.1, -0.05) is 23.4 Å². The molecule has 1 aromatic carbocycles. The molecule has 3 aromatic rings. The van der Waals surface area contributed by atoms with Gasteiger partial charge in [0, 0.05) is 29.9 Å². The van der Waals surface area contributed by atoms with E-state index in [9.17, 15) is 4.79 Å². The summed E-state index contributed by atoms with van der Waals surface area (Å²) in [5.74, 6) is 1.03. The molecule has 0 saturated heterocycles. The number of carbonyl (C=O) groups excluding carboxylic acids is 1.